The van der Waals surface area contributed by atoms with E-state index in [4.69, 9.17) is 5.11 Å². The normalized spacial score (nSPS) is 14.1. The Hall–Kier alpha value is -1.78. The van der Waals surface area contributed by atoms with Gasteiger partial charge in [0.25, 0.3) is 5.60 Å². The molecule has 0 bridgehead atoms. The fourth-order valence-electron chi connectivity index (χ4n) is 1.02. The van der Waals surface area contributed by atoms with Crippen LogP contribution in [-0.4, -0.2) is 23.1 Å². The van der Waals surface area contributed by atoms with Crippen molar-refractivity contribution in [2.75, 3.05) is 0 Å². The van der Waals surface area contributed by atoms with Crippen molar-refractivity contribution in [3.05, 3.63) is 58.2 Å². The molecule has 0 aliphatic heterocycles. The van der Waals surface area contributed by atoms with E-state index in [1.54, 1.807) is 17.5 Å². The molecule has 2 aliphatic carbocycles. The number of hydrogen-bond donors (Lipinski definition) is 1. The Bertz CT molecular complexity index is 643. The van der Waals surface area contributed by atoms with Gasteiger partial charge >= 0.3 is 29.4 Å². The standard InChI is InChI=1S/C8HF6O.C5H.Fe/c9-7(10,11)6(15,8(12,13)14)5-3-1-2-4-5;1-2-4-5-3-1;/h15H;1H;/q2*-1;+2. The molecule has 21 heavy (non-hydrogen) atoms. The molecule has 0 saturated heterocycles. The van der Waals surface area contributed by atoms with Gasteiger partial charge in [-0.15, -0.1) is 18.2 Å². The fourth-order valence-corrected chi connectivity index (χ4v) is 1.02. The zero-order chi connectivity index (χ0) is 15.4. The molecule has 0 aromatic carbocycles. The van der Waals surface area contributed by atoms with E-state index < -0.39 is 23.5 Å². The van der Waals surface area contributed by atoms with E-state index in [0.717, 1.165) is 0 Å². The number of alkyl halides is 6. The monoisotopic (exact) mass is 344 g/mol. The average molecular weight is 344 g/mol. The van der Waals surface area contributed by atoms with Crippen LogP contribution in [0.5, 0.6) is 0 Å². The van der Waals surface area contributed by atoms with E-state index >= 15 is 0 Å². The van der Waals surface area contributed by atoms with E-state index in [1.807, 2.05) is 0 Å². The van der Waals surface area contributed by atoms with E-state index in [9.17, 15) is 26.3 Å². The minimum Gasteiger partial charge on any atom is -0.371 e. The molecule has 0 saturated carbocycles. The van der Waals surface area contributed by atoms with Crippen molar-refractivity contribution in [1.82, 2.24) is 0 Å². The van der Waals surface area contributed by atoms with E-state index in [0.29, 0.717) is 0 Å². The van der Waals surface area contributed by atoms with Gasteiger partial charge in [-0.25, -0.2) is 11.5 Å². The second kappa shape index (κ2) is 6.78. The number of allylic oxidation sites excluding steroid dienone is 2. The first-order valence-corrected chi connectivity index (χ1v) is 4.68. The molecule has 0 atom stereocenters. The summed E-state index contributed by atoms with van der Waals surface area (Å²) in [7, 11) is 0. The van der Waals surface area contributed by atoms with Gasteiger partial charge in [-0.2, -0.15) is 26.3 Å². The van der Waals surface area contributed by atoms with Crippen LogP contribution in [0, 0.1) is 12.2 Å². The summed E-state index contributed by atoms with van der Waals surface area (Å²) in [4.78, 5) is 0. The molecule has 110 valence electrons. The van der Waals surface area contributed by atoms with Crippen LogP contribution in [0.3, 0.4) is 0 Å². The predicted octanol–water partition coefficient (Wildman–Crippen LogP) is 2.87. The maximum absolute atomic E-state index is 12.1. The Labute approximate surface area is 125 Å². The quantitative estimate of drug-likeness (QED) is 0.336. The van der Waals surface area contributed by atoms with Crippen LogP contribution in [0.1, 0.15) is 0 Å². The van der Waals surface area contributed by atoms with Crippen LogP contribution in [-0.2, 0) is 17.1 Å². The fraction of sp³-hybridized carbons (Fsp3) is 0.231. The van der Waals surface area contributed by atoms with Gasteiger partial charge in [0.15, 0.2) is 0 Å². The molecule has 0 heterocycles. The van der Waals surface area contributed by atoms with Crippen LogP contribution in [0.2, 0.25) is 0 Å². The molecule has 0 radical (unpaired) electrons. The summed E-state index contributed by atoms with van der Waals surface area (Å²) in [6.07, 6.45) is -6.09. The Balaban J connectivity index is 0.000000562. The molecular weight excluding hydrogens is 342 g/mol. The zero-order valence-corrected chi connectivity index (χ0v) is 10.8. The van der Waals surface area contributed by atoms with Crippen molar-refractivity contribution in [2.45, 2.75) is 18.0 Å². The smallest absolute Gasteiger partial charge is 0.371 e. The molecule has 0 unspecified atom stereocenters. The molecule has 8 heteroatoms. The Morgan fingerprint density at radius 2 is 1.52 bits per heavy atom. The third-order valence-electron chi connectivity index (χ3n) is 1.97. The second-order valence-corrected chi connectivity index (χ2v) is 3.26. The van der Waals surface area contributed by atoms with Crippen molar-refractivity contribution in [3.63, 3.8) is 0 Å². The van der Waals surface area contributed by atoms with E-state index in [2.05, 4.69) is 23.3 Å². The summed E-state index contributed by atoms with van der Waals surface area (Å²) in [6, 6.07) is 0. The first-order valence-electron chi connectivity index (χ1n) is 4.68. The van der Waals surface area contributed by atoms with Crippen LogP contribution in [0.15, 0.2) is 46.0 Å². The number of aliphatic hydroxyl groups is 1. The molecule has 0 aromatic rings. The summed E-state index contributed by atoms with van der Waals surface area (Å²) in [6.45, 7) is 0. The van der Waals surface area contributed by atoms with Crippen LogP contribution in [0.4, 0.5) is 26.3 Å². The number of hydrogen-bond acceptors (Lipinski definition) is 1. The van der Waals surface area contributed by atoms with Crippen molar-refractivity contribution in [2.24, 2.45) is 0 Å². The Morgan fingerprint density at radius 3 is 1.76 bits per heavy atom. The van der Waals surface area contributed by atoms with E-state index in [-0.39, 0.29) is 17.1 Å². The average Bonchev–Trinajstić information content (AvgIpc) is 3.01. The van der Waals surface area contributed by atoms with Gasteiger partial charge in [0.1, 0.15) is 0 Å². The third kappa shape index (κ3) is 4.09. The van der Waals surface area contributed by atoms with E-state index in [1.165, 1.54) is 11.8 Å². The SMILES string of the molecule is C1=C=[C-]C=C=1.OC(C1=C=C=C=[C-]1)(C(F)(F)F)C(F)(F)F.[Fe+2]. The first-order chi connectivity index (χ1) is 9.11. The maximum Gasteiger partial charge on any atom is 2.00 e. The van der Waals surface area contributed by atoms with Crippen molar-refractivity contribution < 1.29 is 48.5 Å². The largest absolute Gasteiger partial charge is 2.00 e. The van der Waals surface area contributed by atoms with Gasteiger partial charge in [0, 0.05) is 0 Å². The van der Waals surface area contributed by atoms with Gasteiger partial charge in [-0.05, 0) is 0 Å². The van der Waals surface area contributed by atoms with Gasteiger partial charge < -0.3 is 5.11 Å². The summed E-state index contributed by atoms with van der Waals surface area (Å²) in [5.41, 5.74) is 6.06. The molecule has 2 rings (SSSR count). The zero-order valence-electron chi connectivity index (χ0n) is 9.65. The maximum atomic E-state index is 12.1. The minimum atomic E-state index is -5.91. The Kier molecular flexibility index (Phi) is 6.21. The molecule has 0 spiro atoms. The number of rotatable bonds is 1. The van der Waals surface area contributed by atoms with Crippen molar-refractivity contribution in [3.8, 4) is 0 Å². The summed E-state index contributed by atoms with van der Waals surface area (Å²) < 4.78 is 72.8. The molecular formula is C13H2F6FeO. The van der Waals surface area contributed by atoms with Gasteiger partial charge in [-0.3, -0.25) is 22.9 Å². The number of halogens is 6. The van der Waals surface area contributed by atoms with Crippen LogP contribution >= 0.6 is 0 Å². The second-order valence-electron chi connectivity index (χ2n) is 3.26. The molecule has 1 nitrogen and oxygen atoms in total. The Morgan fingerprint density at radius 1 is 0.952 bits per heavy atom. The van der Waals surface area contributed by atoms with Gasteiger partial charge in [0.05, 0.1) is 0 Å². The third-order valence-corrected chi connectivity index (χ3v) is 1.97. The summed E-state index contributed by atoms with van der Waals surface area (Å²) in [5, 5.41) is 8.69. The van der Waals surface area contributed by atoms with Gasteiger partial charge in [0.2, 0.25) is 0 Å². The molecule has 0 aromatic heterocycles. The molecule has 0 amide bonds. The first kappa shape index (κ1) is 19.2. The molecule has 2 aliphatic rings. The van der Waals surface area contributed by atoms with Crippen LogP contribution in [0.25, 0.3) is 0 Å². The topological polar surface area (TPSA) is 20.2 Å². The van der Waals surface area contributed by atoms with Crippen LogP contribution < -0.4 is 0 Å². The predicted molar refractivity (Wildman–Crippen MR) is 52.7 cm³/mol. The van der Waals surface area contributed by atoms with Crippen molar-refractivity contribution >= 4 is 0 Å². The summed E-state index contributed by atoms with van der Waals surface area (Å²) in [5.74, 6) is 0. The minimum absolute atomic E-state index is 0. The summed E-state index contributed by atoms with van der Waals surface area (Å²) >= 11 is 0. The molecule has 1 N–H and O–H groups in total. The van der Waals surface area contributed by atoms with Crippen molar-refractivity contribution in [1.29, 1.82) is 0 Å². The van der Waals surface area contributed by atoms with Gasteiger partial charge in [-0.1, -0.05) is 5.57 Å². The molecule has 0 fully saturated rings.